The second-order valence-corrected chi connectivity index (χ2v) is 9.26. The average molecular weight is 486 g/mol. The molecule has 4 heterocycles. The van der Waals surface area contributed by atoms with E-state index in [0.29, 0.717) is 30.7 Å². The van der Waals surface area contributed by atoms with Crippen molar-refractivity contribution in [2.75, 3.05) is 0 Å². The fraction of sp³-hybridized carbons (Fsp3) is 0.348. The summed E-state index contributed by atoms with van der Waals surface area (Å²) in [5, 5.41) is 11.1. The molecule has 0 fully saturated rings. The van der Waals surface area contributed by atoms with Gasteiger partial charge in [0.05, 0.1) is 0 Å². The summed E-state index contributed by atoms with van der Waals surface area (Å²) in [6.45, 7) is 2.87. The van der Waals surface area contributed by atoms with E-state index in [1.165, 1.54) is 6.07 Å². The zero-order chi connectivity index (χ0) is 20.7. The number of phenolic OH excluding ortho intramolecular Hbond substituents is 1. The van der Waals surface area contributed by atoms with Gasteiger partial charge in [0, 0.05) is 0 Å². The van der Waals surface area contributed by atoms with E-state index < -0.39 is 5.82 Å². The fourth-order valence-electron chi connectivity index (χ4n) is 5.36. The van der Waals surface area contributed by atoms with E-state index in [1.54, 1.807) is 4.57 Å². The Morgan fingerprint density at radius 2 is 2.07 bits per heavy atom. The SMILES string of the molecule is CCC1[C](=[Mo])OCc2c1cc1n(c2=O)Cc2c-1nc1cc(F)c(O)c3c1c2CCC3. The summed E-state index contributed by atoms with van der Waals surface area (Å²) in [4.78, 5) is 18.2. The molecular weight excluding hydrogens is 467 g/mol. The predicted molar refractivity (Wildman–Crippen MR) is 107 cm³/mol. The summed E-state index contributed by atoms with van der Waals surface area (Å²) in [6.07, 6.45) is 3.19. The standard InChI is InChI=1S/C23H19FN2O3.Mo/c1-2-11-9-29-10-16-14(11)6-19-21-15(8-26(19)23(16)28)12-4-3-5-13-20(12)18(25-21)7-17(24)22(13)27;/h6-7,11,27H,2-5,8,10H2,1H3;. The number of aryl methyl sites for hydroxylation is 2. The van der Waals surface area contributed by atoms with Gasteiger partial charge in [-0.2, -0.15) is 0 Å². The van der Waals surface area contributed by atoms with E-state index in [1.807, 2.05) is 19.4 Å². The van der Waals surface area contributed by atoms with Crippen LogP contribution in [0.15, 0.2) is 16.9 Å². The average Bonchev–Trinajstić information content (AvgIpc) is 3.11. The first-order chi connectivity index (χ1) is 14.5. The molecule has 0 radical (unpaired) electrons. The molecule has 0 saturated carbocycles. The van der Waals surface area contributed by atoms with Gasteiger partial charge in [-0.15, -0.1) is 0 Å². The van der Waals surface area contributed by atoms with Crippen LogP contribution in [0.3, 0.4) is 0 Å². The van der Waals surface area contributed by atoms with Crippen LogP contribution in [0.4, 0.5) is 4.39 Å². The van der Waals surface area contributed by atoms with Crippen LogP contribution >= 0.6 is 0 Å². The van der Waals surface area contributed by atoms with Gasteiger partial charge in [0.15, 0.2) is 0 Å². The molecular formula is C23H19FMoN2O3. The van der Waals surface area contributed by atoms with Crippen molar-refractivity contribution in [3.63, 3.8) is 0 Å². The van der Waals surface area contributed by atoms with Gasteiger partial charge >= 0.3 is 183 Å². The molecule has 1 N–H and O–H groups in total. The first kappa shape index (κ1) is 18.6. The third-order valence-electron chi connectivity index (χ3n) is 6.79. The maximum atomic E-state index is 14.4. The van der Waals surface area contributed by atoms with Crippen LogP contribution in [0.2, 0.25) is 0 Å². The van der Waals surface area contributed by atoms with Gasteiger partial charge < -0.3 is 0 Å². The number of ether oxygens (including phenoxy) is 1. The number of nitrogens with zero attached hydrogens (tertiary/aromatic N) is 2. The Hall–Kier alpha value is -2.17. The summed E-state index contributed by atoms with van der Waals surface area (Å²) < 4.78 is 22.9. The van der Waals surface area contributed by atoms with Crippen molar-refractivity contribution in [1.29, 1.82) is 0 Å². The zero-order valence-electron chi connectivity index (χ0n) is 16.4. The third-order valence-corrected chi connectivity index (χ3v) is 7.78. The Morgan fingerprint density at radius 3 is 2.87 bits per heavy atom. The number of halogens is 1. The zero-order valence-corrected chi connectivity index (χ0v) is 18.4. The van der Waals surface area contributed by atoms with Crippen LogP contribution in [-0.2, 0) is 50.1 Å². The Labute approximate surface area is 182 Å². The van der Waals surface area contributed by atoms with Gasteiger partial charge in [-0.1, -0.05) is 0 Å². The second kappa shape index (κ2) is 6.41. The molecule has 5 nitrogen and oxygen atoms in total. The quantitative estimate of drug-likeness (QED) is 0.419. The molecule has 30 heavy (non-hydrogen) atoms. The predicted octanol–water partition coefficient (Wildman–Crippen LogP) is 3.46. The topological polar surface area (TPSA) is 64.4 Å². The van der Waals surface area contributed by atoms with Crippen LogP contribution in [-0.4, -0.2) is 18.7 Å². The van der Waals surface area contributed by atoms with E-state index in [-0.39, 0.29) is 17.2 Å². The maximum absolute atomic E-state index is 14.4. The van der Waals surface area contributed by atoms with Crippen LogP contribution < -0.4 is 5.56 Å². The summed E-state index contributed by atoms with van der Waals surface area (Å²) in [5.74, 6) is -0.795. The Balaban J connectivity index is 1.67. The van der Waals surface area contributed by atoms with Crippen molar-refractivity contribution < 1.29 is 33.6 Å². The number of fused-ring (bicyclic) bond motifs is 5. The van der Waals surface area contributed by atoms with E-state index in [0.717, 1.165) is 62.4 Å². The Kier molecular flexibility index (Phi) is 3.97. The van der Waals surface area contributed by atoms with Crippen LogP contribution in [0.5, 0.6) is 5.75 Å². The van der Waals surface area contributed by atoms with Crippen molar-refractivity contribution >= 4 is 15.0 Å². The van der Waals surface area contributed by atoms with Gasteiger partial charge in [-0.3, -0.25) is 0 Å². The molecule has 0 bridgehead atoms. The van der Waals surface area contributed by atoms with E-state index in [4.69, 9.17) is 9.72 Å². The fourth-order valence-corrected chi connectivity index (χ4v) is 6.23. The summed E-state index contributed by atoms with van der Waals surface area (Å²) in [7, 11) is 0. The van der Waals surface area contributed by atoms with Crippen molar-refractivity contribution in [2.45, 2.75) is 51.7 Å². The van der Waals surface area contributed by atoms with Gasteiger partial charge in [-0.25, -0.2) is 0 Å². The molecule has 1 aromatic carbocycles. The van der Waals surface area contributed by atoms with Crippen LogP contribution in [0.1, 0.15) is 53.5 Å². The van der Waals surface area contributed by atoms with Crippen molar-refractivity contribution in [3.05, 3.63) is 56.1 Å². The number of rotatable bonds is 1. The van der Waals surface area contributed by atoms with Crippen LogP contribution in [0, 0.1) is 5.82 Å². The first-order valence-corrected chi connectivity index (χ1v) is 11.3. The summed E-state index contributed by atoms with van der Waals surface area (Å²) in [6, 6.07) is 3.42. The van der Waals surface area contributed by atoms with Crippen molar-refractivity contribution in [1.82, 2.24) is 9.55 Å². The van der Waals surface area contributed by atoms with Crippen molar-refractivity contribution in [2.24, 2.45) is 0 Å². The number of hydrogen-bond acceptors (Lipinski definition) is 4. The molecule has 2 aliphatic heterocycles. The number of aromatic nitrogens is 2. The molecule has 3 aromatic rings. The van der Waals surface area contributed by atoms with E-state index in [9.17, 15) is 14.3 Å². The number of aromatic hydroxyl groups is 1. The molecule has 7 heteroatoms. The molecule has 1 atom stereocenters. The minimum absolute atomic E-state index is 0.0195. The molecule has 0 amide bonds. The summed E-state index contributed by atoms with van der Waals surface area (Å²) >= 11 is 1.89. The minimum atomic E-state index is -0.632. The van der Waals surface area contributed by atoms with Gasteiger partial charge in [0.1, 0.15) is 0 Å². The number of hydrogen-bond donors (Lipinski definition) is 1. The molecule has 1 unspecified atom stereocenters. The second-order valence-electron chi connectivity index (χ2n) is 8.27. The molecule has 0 saturated heterocycles. The van der Waals surface area contributed by atoms with E-state index >= 15 is 0 Å². The summed E-state index contributed by atoms with van der Waals surface area (Å²) in [5.41, 5.74) is 6.66. The Morgan fingerprint density at radius 1 is 1.27 bits per heavy atom. The van der Waals surface area contributed by atoms with Crippen molar-refractivity contribution in [3.8, 4) is 17.1 Å². The van der Waals surface area contributed by atoms with Gasteiger partial charge in [-0.05, 0) is 0 Å². The molecule has 0 spiro atoms. The number of pyridine rings is 2. The Bertz CT molecular complexity index is 1360. The van der Waals surface area contributed by atoms with Crippen LogP contribution in [0.25, 0.3) is 22.3 Å². The normalized spacial score (nSPS) is 19.0. The molecule has 152 valence electrons. The third kappa shape index (κ3) is 2.32. The molecule has 3 aliphatic rings. The molecule has 2 aromatic heterocycles. The first-order valence-electron chi connectivity index (χ1n) is 10.3. The number of benzene rings is 1. The molecule has 6 rings (SSSR count). The number of phenols is 1. The van der Waals surface area contributed by atoms with E-state index in [2.05, 4.69) is 13.0 Å². The monoisotopic (exact) mass is 488 g/mol. The van der Waals surface area contributed by atoms with Gasteiger partial charge in [0.25, 0.3) is 0 Å². The van der Waals surface area contributed by atoms with Gasteiger partial charge in [0.2, 0.25) is 0 Å². The molecule has 1 aliphatic carbocycles.